The third-order valence-corrected chi connectivity index (χ3v) is 9.88. The van der Waals surface area contributed by atoms with Crippen LogP contribution in [0.2, 0.25) is 0 Å². The Morgan fingerprint density at radius 2 is 0.796 bits per heavy atom. The predicted octanol–water partition coefficient (Wildman–Crippen LogP) is 13.3. The maximum absolute atomic E-state index is 13.1. The summed E-state index contributed by atoms with van der Waals surface area (Å²) < 4.78 is 6.11. The highest BCUT2D eigenvalue weighted by Gasteiger charge is 2.16. The summed E-state index contributed by atoms with van der Waals surface area (Å²) in [5, 5.41) is 6.19. The summed E-state index contributed by atoms with van der Waals surface area (Å²) in [6.07, 6.45) is 38.6. The molecular formula is C44H80N2O3. The first-order chi connectivity index (χ1) is 24.1. The second kappa shape index (κ2) is 34.4. The van der Waals surface area contributed by atoms with Crippen molar-refractivity contribution in [3.05, 3.63) is 29.3 Å². The maximum Gasteiger partial charge on any atom is 0.255 e. The molecule has 1 aromatic rings. The summed E-state index contributed by atoms with van der Waals surface area (Å²) in [6, 6.07) is 5.29. The van der Waals surface area contributed by atoms with Crippen LogP contribution < -0.4 is 15.4 Å². The van der Waals surface area contributed by atoms with Crippen LogP contribution in [0.3, 0.4) is 0 Å². The monoisotopic (exact) mass is 685 g/mol. The summed E-state index contributed by atoms with van der Waals surface area (Å²) >= 11 is 0. The third kappa shape index (κ3) is 26.4. The van der Waals surface area contributed by atoms with Crippen LogP contribution >= 0.6 is 0 Å². The zero-order valence-electron chi connectivity index (χ0n) is 32.8. The average molecular weight is 685 g/mol. The summed E-state index contributed by atoms with van der Waals surface area (Å²) in [5.74, 6) is 0.322. The number of amides is 2. The molecule has 0 saturated carbocycles. The molecule has 0 fully saturated rings. The summed E-state index contributed by atoms with van der Waals surface area (Å²) in [5.41, 5.74) is 1.09. The molecule has 0 heterocycles. The molecule has 1 aromatic carbocycles. The van der Waals surface area contributed by atoms with E-state index in [2.05, 4.69) is 31.4 Å². The van der Waals surface area contributed by atoms with Crippen LogP contribution in [0.5, 0.6) is 5.75 Å². The Morgan fingerprint density at radius 3 is 1.20 bits per heavy atom. The fourth-order valence-corrected chi connectivity index (χ4v) is 6.57. The van der Waals surface area contributed by atoms with E-state index >= 15 is 0 Å². The van der Waals surface area contributed by atoms with Crippen LogP contribution in [0.1, 0.15) is 234 Å². The van der Waals surface area contributed by atoms with Crippen LogP contribution in [0.25, 0.3) is 0 Å². The number of benzene rings is 1. The van der Waals surface area contributed by atoms with Crippen molar-refractivity contribution in [1.29, 1.82) is 0 Å². The standard InChI is InChI=1S/C44H80N2O3/c1-4-7-10-13-15-17-19-21-23-25-27-29-31-36-45-43(47)40-34-35-41(42(39-40)49-38-33-12-9-6-3)44(48)46-37-32-30-28-26-24-22-20-18-16-14-11-8-5-2/h34-35,39H,4-33,36-38H2,1-3H3,(H,45,47)(H,46,48). The van der Waals surface area contributed by atoms with Crippen LogP contribution in [-0.4, -0.2) is 31.5 Å². The van der Waals surface area contributed by atoms with Gasteiger partial charge in [-0.25, -0.2) is 0 Å². The van der Waals surface area contributed by atoms with Gasteiger partial charge in [0.1, 0.15) is 5.75 Å². The van der Waals surface area contributed by atoms with Gasteiger partial charge in [-0.15, -0.1) is 0 Å². The molecule has 0 aliphatic heterocycles. The first kappa shape index (κ1) is 45.0. The largest absolute Gasteiger partial charge is 0.493 e. The molecule has 0 unspecified atom stereocenters. The highest BCUT2D eigenvalue weighted by atomic mass is 16.5. The van der Waals surface area contributed by atoms with Gasteiger partial charge in [0.2, 0.25) is 0 Å². The van der Waals surface area contributed by atoms with Crippen LogP contribution in [0.15, 0.2) is 18.2 Å². The number of ether oxygens (including phenoxy) is 1. The number of unbranched alkanes of at least 4 members (excludes halogenated alkanes) is 27. The molecule has 0 bridgehead atoms. The molecule has 0 radical (unpaired) electrons. The average Bonchev–Trinajstić information content (AvgIpc) is 3.11. The van der Waals surface area contributed by atoms with Crippen molar-refractivity contribution in [2.75, 3.05) is 19.7 Å². The van der Waals surface area contributed by atoms with Gasteiger partial charge in [0.25, 0.3) is 11.8 Å². The molecule has 0 aliphatic rings. The lowest BCUT2D eigenvalue weighted by atomic mass is 10.0. The van der Waals surface area contributed by atoms with Gasteiger partial charge in [0.15, 0.2) is 0 Å². The van der Waals surface area contributed by atoms with Crippen molar-refractivity contribution >= 4 is 11.8 Å². The van der Waals surface area contributed by atoms with Crippen molar-refractivity contribution < 1.29 is 14.3 Å². The zero-order valence-corrected chi connectivity index (χ0v) is 32.8. The fraction of sp³-hybridized carbons (Fsp3) is 0.818. The lowest BCUT2D eigenvalue weighted by molar-refractivity contribution is 0.0937. The number of nitrogens with one attached hydrogen (secondary N) is 2. The summed E-state index contributed by atoms with van der Waals surface area (Å²) in [4.78, 5) is 26.1. The van der Waals surface area contributed by atoms with Crippen molar-refractivity contribution in [3.8, 4) is 5.75 Å². The third-order valence-electron chi connectivity index (χ3n) is 9.88. The van der Waals surface area contributed by atoms with Gasteiger partial charge >= 0.3 is 0 Å². The van der Waals surface area contributed by atoms with E-state index in [0.717, 1.165) is 38.5 Å². The molecule has 284 valence electrons. The summed E-state index contributed by atoms with van der Waals surface area (Å²) in [6.45, 7) is 8.67. The van der Waals surface area contributed by atoms with Crippen molar-refractivity contribution in [2.45, 2.75) is 213 Å². The van der Waals surface area contributed by atoms with E-state index < -0.39 is 0 Å². The van der Waals surface area contributed by atoms with Gasteiger partial charge in [0.05, 0.1) is 12.2 Å². The van der Waals surface area contributed by atoms with Crippen LogP contribution in [-0.2, 0) is 0 Å². The minimum atomic E-state index is -0.110. The molecule has 0 atom stereocenters. The van der Waals surface area contributed by atoms with E-state index in [-0.39, 0.29) is 11.8 Å². The van der Waals surface area contributed by atoms with Crippen molar-refractivity contribution in [1.82, 2.24) is 10.6 Å². The van der Waals surface area contributed by atoms with E-state index in [1.165, 1.54) is 154 Å². The minimum Gasteiger partial charge on any atom is -0.493 e. The van der Waals surface area contributed by atoms with Crippen LogP contribution in [0, 0.1) is 0 Å². The molecule has 0 saturated heterocycles. The van der Waals surface area contributed by atoms with E-state index in [1.807, 2.05) is 0 Å². The van der Waals surface area contributed by atoms with Gasteiger partial charge < -0.3 is 15.4 Å². The van der Waals surface area contributed by atoms with Gasteiger partial charge in [-0.3, -0.25) is 9.59 Å². The van der Waals surface area contributed by atoms with Crippen molar-refractivity contribution in [3.63, 3.8) is 0 Å². The highest BCUT2D eigenvalue weighted by molar-refractivity contribution is 6.00. The Balaban J connectivity index is 2.33. The first-order valence-corrected chi connectivity index (χ1v) is 21.5. The maximum atomic E-state index is 13.1. The molecule has 5 nitrogen and oxygen atoms in total. The smallest absolute Gasteiger partial charge is 0.255 e. The predicted molar refractivity (Wildman–Crippen MR) is 212 cm³/mol. The molecule has 5 heteroatoms. The molecule has 0 spiro atoms. The van der Waals surface area contributed by atoms with Crippen molar-refractivity contribution in [2.24, 2.45) is 0 Å². The lowest BCUT2D eigenvalue weighted by Crippen LogP contribution is -2.26. The topological polar surface area (TPSA) is 67.4 Å². The Kier molecular flexibility index (Phi) is 31.6. The Morgan fingerprint density at radius 1 is 0.449 bits per heavy atom. The van der Waals surface area contributed by atoms with E-state index in [9.17, 15) is 9.59 Å². The first-order valence-electron chi connectivity index (χ1n) is 21.5. The SMILES string of the molecule is CCCCCCCCCCCCCCCNC(=O)c1ccc(C(=O)NCCCCCCCCCCCCCCC)c(OCCCCCC)c1. The number of carbonyl (C=O) groups is 2. The zero-order chi connectivity index (χ0) is 35.5. The van der Waals surface area contributed by atoms with Gasteiger partial charge in [-0.1, -0.05) is 194 Å². The van der Waals surface area contributed by atoms with Gasteiger partial charge in [-0.2, -0.15) is 0 Å². The fourth-order valence-electron chi connectivity index (χ4n) is 6.57. The minimum absolute atomic E-state index is 0.0892. The second-order valence-electron chi connectivity index (χ2n) is 14.6. The van der Waals surface area contributed by atoms with Gasteiger partial charge in [-0.05, 0) is 37.5 Å². The van der Waals surface area contributed by atoms with E-state index in [1.54, 1.807) is 18.2 Å². The number of rotatable bonds is 36. The molecule has 0 aliphatic carbocycles. The molecule has 49 heavy (non-hydrogen) atoms. The molecule has 2 N–H and O–H groups in total. The lowest BCUT2D eigenvalue weighted by Gasteiger charge is -2.14. The molecule has 2 amide bonds. The highest BCUT2D eigenvalue weighted by Crippen LogP contribution is 2.22. The molecular weight excluding hydrogens is 604 g/mol. The Bertz CT molecular complexity index is 902. The van der Waals surface area contributed by atoms with Crippen LogP contribution in [0.4, 0.5) is 0 Å². The Hall–Kier alpha value is -2.04. The second-order valence-corrected chi connectivity index (χ2v) is 14.6. The molecule has 0 aromatic heterocycles. The number of hydrogen-bond donors (Lipinski definition) is 2. The normalized spacial score (nSPS) is 11.2. The molecule has 1 rings (SSSR count). The summed E-state index contributed by atoms with van der Waals surface area (Å²) in [7, 11) is 0. The van der Waals surface area contributed by atoms with Gasteiger partial charge in [0, 0.05) is 18.7 Å². The quantitative estimate of drug-likeness (QED) is 0.0691. The van der Waals surface area contributed by atoms with E-state index in [4.69, 9.17) is 4.74 Å². The number of hydrogen-bond acceptors (Lipinski definition) is 3. The Labute approximate surface area is 304 Å². The number of carbonyl (C=O) groups excluding carboxylic acids is 2. The van der Waals surface area contributed by atoms with E-state index in [0.29, 0.717) is 36.6 Å².